The standard InChI is InChI=1S/C9H11N3O5/c1-4-5(13)17-9(2,3)12-7(15)10-6(14)11-8(12)16/h4H,1H2,2-3H3,(H2,10,11,14,15,16). The smallest absolute Gasteiger partial charge is 0.336 e. The lowest BCUT2D eigenvalue weighted by molar-refractivity contribution is -0.160. The predicted molar refractivity (Wildman–Crippen MR) is 57.6 cm³/mol. The van der Waals surface area contributed by atoms with Crippen LogP contribution in [0.1, 0.15) is 13.8 Å². The summed E-state index contributed by atoms with van der Waals surface area (Å²) >= 11 is 0. The van der Waals surface area contributed by atoms with Gasteiger partial charge in [0, 0.05) is 6.08 Å². The van der Waals surface area contributed by atoms with Crippen LogP contribution in [0, 0.1) is 0 Å². The molecule has 0 fully saturated rings. The first-order chi connectivity index (χ1) is 7.77. The molecule has 0 aliphatic heterocycles. The summed E-state index contributed by atoms with van der Waals surface area (Å²) in [5, 5.41) is 0. The van der Waals surface area contributed by atoms with Crippen LogP contribution in [0.15, 0.2) is 27.0 Å². The van der Waals surface area contributed by atoms with Crippen LogP contribution in [-0.4, -0.2) is 20.5 Å². The van der Waals surface area contributed by atoms with Gasteiger partial charge in [0.25, 0.3) is 0 Å². The average molecular weight is 241 g/mol. The van der Waals surface area contributed by atoms with Crippen LogP contribution in [0.25, 0.3) is 0 Å². The van der Waals surface area contributed by atoms with E-state index in [2.05, 4.69) is 6.58 Å². The van der Waals surface area contributed by atoms with Crippen LogP contribution in [-0.2, 0) is 15.3 Å². The summed E-state index contributed by atoms with van der Waals surface area (Å²) in [5.74, 6) is -0.799. The average Bonchev–Trinajstić information content (AvgIpc) is 2.14. The molecule has 0 aliphatic carbocycles. The van der Waals surface area contributed by atoms with Crippen LogP contribution in [0.5, 0.6) is 0 Å². The Kier molecular flexibility index (Phi) is 3.16. The van der Waals surface area contributed by atoms with E-state index < -0.39 is 28.8 Å². The lowest BCUT2D eigenvalue weighted by Crippen LogP contribution is -2.52. The molecule has 0 bridgehead atoms. The normalized spacial score (nSPS) is 10.9. The SMILES string of the molecule is C=CC(=O)OC(C)(C)n1c(=O)[nH]c(=O)[nH]c1=O. The molecule has 1 heterocycles. The monoisotopic (exact) mass is 241 g/mol. The molecular formula is C9H11N3O5. The first-order valence-electron chi connectivity index (χ1n) is 4.59. The first-order valence-corrected chi connectivity index (χ1v) is 4.59. The van der Waals surface area contributed by atoms with E-state index >= 15 is 0 Å². The Bertz CT molecular complexity index is 584. The number of aromatic nitrogens is 3. The van der Waals surface area contributed by atoms with E-state index in [0.29, 0.717) is 4.57 Å². The fourth-order valence-electron chi connectivity index (χ4n) is 1.25. The number of ether oxygens (including phenoxy) is 1. The summed E-state index contributed by atoms with van der Waals surface area (Å²) in [6, 6.07) is 0. The summed E-state index contributed by atoms with van der Waals surface area (Å²) in [6.45, 7) is 5.84. The molecule has 92 valence electrons. The van der Waals surface area contributed by atoms with Crippen molar-refractivity contribution in [3.8, 4) is 0 Å². The molecule has 17 heavy (non-hydrogen) atoms. The number of H-pyrrole nitrogens is 2. The number of rotatable bonds is 3. The third-order valence-electron chi connectivity index (χ3n) is 1.90. The van der Waals surface area contributed by atoms with Crippen LogP contribution in [0.2, 0.25) is 0 Å². The molecule has 1 rings (SSSR count). The summed E-state index contributed by atoms with van der Waals surface area (Å²) in [5.41, 5.74) is -4.41. The van der Waals surface area contributed by atoms with E-state index in [1.807, 2.05) is 9.97 Å². The molecule has 0 aliphatic rings. The van der Waals surface area contributed by atoms with E-state index in [-0.39, 0.29) is 0 Å². The van der Waals surface area contributed by atoms with Crippen molar-refractivity contribution in [3.05, 3.63) is 44.1 Å². The summed E-state index contributed by atoms with van der Waals surface area (Å²) in [7, 11) is 0. The Morgan fingerprint density at radius 2 is 1.76 bits per heavy atom. The lowest BCUT2D eigenvalue weighted by Gasteiger charge is -2.24. The molecule has 0 saturated heterocycles. The number of aromatic amines is 2. The molecule has 1 aromatic heterocycles. The van der Waals surface area contributed by atoms with Gasteiger partial charge < -0.3 is 4.74 Å². The predicted octanol–water partition coefficient (Wildman–Crippen LogP) is -1.35. The molecule has 0 radical (unpaired) electrons. The van der Waals surface area contributed by atoms with Crippen molar-refractivity contribution in [1.29, 1.82) is 0 Å². The maximum absolute atomic E-state index is 11.4. The van der Waals surface area contributed by atoms with Crippen molar-refractivity contribution in [2.45, 2.75) is 19.6 Å². The number of carbonyl (C=O) groups excluding carboxylic acids is 1. The zero-order valence-electron chi connectivity index (χ0n) is 9.27. The van der Waals surface area contributed by atoms with E-state index in [1.165, 1.54) is 13.8 Å². The van der Waals surface area contributed by atoms with Gasteiger partial charge in [0.05, 0.1) is 0 Å². The van der Waals surface area contributed by atoms with Gasteiger partial charge in [-0.15, -0.1) is 0 Å². The molecule has 0 atom stereocenters. The van der Waals surface area contributed by atoms with Gasteiger partial charge in [0.2, 0.25) is 0 Å². The Labute approximate surface area is 94.6 Å². The molecule has 0 saturated carbocycles. The largest absolute Gasteiger partial charge is 0.436 e. The molecular weight excluding hydrogens is 230 g/mol. The molecule has 8 heteroatoms. The first kappa shape index (κ1) is 12.7. The second-order valence-electron chi connectivity index (χ2n) is 3.60. The van der Waals surface area contributed by atoms with Gasteiger partial charge in [-0.05, 0) is 13.8 Å². The maximum Gasteiger partial charge on any atom is 0.336 e. The summed E-state index contributed by atoms with van der Waals surface area (Å²) in [4.78, 5) is 48.5. The van der Waals surface area contributed by atoms with Crippen molar-refractivity contribution in [3.63, 3.8) is 0 Å². The molecule has 1 aromatic rings. The number of hydrogen-bond acceptors (Lipinski definition) is 5. The minimum Gasteiger partial charge on any atom is -0.436 e. The van der Waals surface area contributed by atoms with Crippen LogP contribution in [0.3, 0.4) is 0 Å². The Hall–Kier alpha value is -2.38. The van der Waals surface area contributed by atoms with Gasteiger partial charge in [0.15, 0.2) is 5.72 Å². The Balaban J connectivity index is 3.38. The minimum absolute atomic E-state index is 0.579. The third-order valence-corrected chi connectivity index (χ3v) is 1.90. The second kappa shape index (κ2) is 4.24. The zero-order chi connectivity index (χ0) is 13.2. The van der Waals surface area contributed by atoms with E-state index in [9.17, 15) is 19.2 Å². The zero-order valence-corrected chi connectivity index (χ0v) is 9.27. The van der Waals surface area contributed by atoms with Crippen molar-refractivity contribution in [2.75, 3.05) is 0 Å². The van der Waals surface area contributed by atoms with Crippen molar-refractivity contribution in [1.82, 2.24) is 14.5 Å². The summed E-state index contributed by atoms with van der Waals surface area (Å²) in [6.07, 6.45) is 0.895. The Morgan fingerprint density at radius 1 is 1.29 bits per heavy atom. The van der Waals surface area contributed by atoms with Gasteiger partial charge in [-0.2, -0.15) is 0 Å². The van der Waals surface area contributed by atoms with Gasteiger partial charge in [0.1, 0.15) is 0 Å². The molecule has 0 amide bonds. The van der Waals surface area contributed by atoms with E-state index in [4.69, 9.17) is 4.74 Å². The van der Waals surface area contributed by atoms with Gasteiger partial charge in [-0.1, -0.05) is 6.58 Å². The van der Waals surface area contributed by atoms with Gasteiger partial charge >= 0.3 is 23.0 Å². The fraction of sp³-hybridized carbons (Fsp3) is 0.333. The van der Waals surface area contributed by atoms with E-state index in [1.54, 1.807) is 0 Å². The molecule has 0 unspecified atom stereocenters. The van der Waals surface area contributed by atoms with Crippen molar-refractivity contribution < 1.29 is 9.53 Å². The minimum atomic E-state index is -1.54. The highest BCUT2D eigenvalue weighted by Gasteiger charge is 2.28. The molecule has 8 nitrogen and oxygen atoms in total. The third kappa shape index (κ3) is 2.60. The van der Waals surface area contributed by atoms with E-state index in [0.717, 1.165) is 6.08 Å². The highest BCUT2D eigenvalue weighted by Crippen LogP contribution is 2.11. The molecule has 0 aromatic carbocycles. The van der Waals surface area contributed by atoms with Crippen LogP contribution < -0.4 is 17.1 Å². The number of hydrogen-bond donors (Lipinski definition) is 2. The maximum atomic E-state index is 11.4. The highest BCUT2D eigenvalue weighted by molar-refractivity contribution is 5.81. The van der Waals surface area contributed by atoms with Crippen molar-refractivity contribution in [2.24, 2.45) is 0 Å². The van der Waals surface area contributed by atoms with Crippen LogP contribution in [0.4, 0.5) is 0 Å². The lowest BCUT2D eigenvalue weighted by atomic mass is 10.3. The number of nitrogens with zero attached hydrogens (tertiary/aromatic N) is 1. The summed E-state index contributed by atoms with van der Waals surface area (Å²) < 4.78 is 5.42. The highest BCUT2D eigenvalue weighted by atomic mass is 16.6. The fourth-order valence-corrected chi connectivity index (χ4v) is 1.25. The number of esters is 1. The number of carbonyl (C=O) groups is 1. The second-order valence-corrected chi connectivity index (χ2v) is 3.60. The van der Waals surface area contributed by atoms with Crippen molar-refractivity contribution >= 4 is 5.97 Å². The van der Waals surface area contributed by atoms with Gasteiger partial charge in [-0.25, -0.2) is 23.7 Å². The Morgan fingerprint density at radius 3 is 2.18 bits per heavy atom. The quantitative estimate of drug-likeness (QED) is 0.501. The molecule has 2 N–H and O–H groups in total. The topological polar surface area (TPSA) is 114 Å². The molecule has 0 spiro atoms. The van der Waals surface area contributed by atoms with Crippen LogP contribution >= 0.6 is 0 Å². The van der Waals surface area contributed by atoms with Gasteiger partial charge in [-0.3, -0.25) is 9.97 Å². The number of nitrogens with one attached hydrogen (secondary N) is 2.